The lowest BCUT2D eigenvalue weighted by Gasteiger charge is -2.26. The zero-order valence-electron chi connectivity index (χ0n) is 13.7. The number of aromatic amines is 1. The van der Waals surface area contributed by atoms with Crippen molar-refractivity contribution >= 4 is 22.4 Å². The molecule has 2 aromatic rings. The summed E-state index contributed by atoms with van der Waals surface area (Å²) in [5.74, 6) is 0. The van der Waals surface area contributed by atoms with Crippen molar-refractivity contribution in [1.82, 2.24) is 14.7 Å². The molecule has 1 unspecified atom stereocenters. The normalized spacial score (nSPS) is 15.0. The standard InChI is InChI=1S/C16H23N3O2S/c1-6-11-7-13-14(18-15(11)20)8-12(9-17-13)10(2)19-22(21)16(3,4)5/h7-10,19H,6H2,1-5H3,(H,18,20)/t10-,22?/m0/s1. The van der Waals surface area contributed by atoms with Crippen LogP contribution < -0.4 is 10.3 Å². The maximum Gasteiger partial charge on any atom is 0.251 e. The van der Waals surface area contributed by atoms with Crippen LogP contribution in [-0.4, -0.2) is 19.3 Å². The van der Waals surface area contributed by atoms with Crippen LogP contribution >= 0.6 is 0 Å². The maximum absolute atomic E-state index is 12.2. The van der Waals surface area contributed by atoms with Crippen molar-refractivity contribution in [2.45, 2.75) is 51.8 Å². The van der Waals surface area contributed by atoms with Crippen LogP contribution in [-0.2, 0) is 17.8 Å². The number of nitrogens with zero attached hydrogens (tertiary/aromatic N) is 1. The first-order chi connectivity index (χ1) is 10.2. The van der Waals surface area contributed by atoms with Gasteiger partial charge in [0, 0.05) is 23.1 Å². The van der Waals surface area contributed by atoms with E-state index in [1.165, 1.54) is 0 Å². The van der Waals surface area contributed by atoms with Crippen LogP contribution in [0.25, 0.3) is 11.0 Å². The highest BCUT2D eigenvalue weighted by Crippen LogP contribution is 2.21. The lowest BCUT2D eigenvalue weighted by molar-refractivity contribution is 0.531. The summed E-state index contributed by atoms with van der Waals surface area (Å²) in [6.45, 7) is 9.64. The van der Waals surface area contributed by atoms with Crippen LogP contribution in [0, 0.1) is 0 Å². The molecule has 0 aliphatic carbocycles. The fourth-order valence-electron chi connectivity index (χ4n) is 2.04. The van der Waals surface area contributed by atoms with Gasteiger partial charge in [-0.3, -0.25) is 9.78 Å². The summed E-state index contributed by atoms with van der Waals surface area (Å²) < 4.78 is 14.9. The largest absolute Gasteiger partial charge is 0.598 e. The lowest BCUT2D eigenvalue weighted by atomic mass is 10.1. The third-order valence-electron chi connectivity index (χ3n) is 3.51. The third kappa shape index (κ3) is 3.69. The first kappa shape index (κ1) is 17.0. The minimum atomic E-state index is -1.16. The Hall–Kier alpha value is -1.37. The molecule has 0 saturated heterocycles. The van der Waals surface area contributed by atoms with Crippen molar-refractivity contribution in [3.8, 4) is 0 Å². The van der Waals surface area contributed by atoms with E-state index in [9.17, 15) is 9.35 Å². The molecule has 0 saturated carbocycles. The van der Waals surface area contributed by atoms with E-state index in [2.05, 4.69) is 14.7 Å². The molecule has 22 heavy (non-hydrogen) atoms. The minimum absolute atomic E-state index is 0.0761. The number of pyridine rings is 2. The number of aryl methyl sites for hydroxylation is 1. The Balaban J connectivity index is 2.31. The first-order valence-electron chi connectivity index (χ1n) is 7.42. The van der Waals surface area contributed by atoms with Gasteiger partial charge in [-0.1, -0.05) is 6.92 Å². The Bertz CT molecular complexity index is 721. The molecule has 2 heterocycles. The molecule has 0 aliphatic heterocycles. The average Bonchev–Trinajstić information content (AvgIpc) is 2.44. The van der Waals surface area contributed by atoms with E-state index in [1.807, 2.05) is 46.8 Å². The van der Waals surface area contributed by atoms with Crippen molar-refractivity contribution in [2.24, 2.45) is 0 Å². The molecule has 0 spiro atoms. The predicted octanol–water partition coefficient (Wildman–Crippen LogP) is 2.60. The first-order valence-corrected chi connectivity index (χ1v) is 8.57. The van der Waals surface area contributed by atoms with Crippen molar-refractivity contribution in [2.75, 3.05) is 0 Å². The minimum Gasteiger partial charge on any atom is -0.598 e. The Kier molecular flexibility index (Phi) is 4.94. The number of rotatable bonds is 4. The van der Waals surface area contributed by atoms with Gasteiger partial charge in [-0.2, -0.15) is 0 Å². The fourth-order valence-corrected chi connectivity index (χ4v) is 2.86. The van der Waals surface area contributed by atoms with Gasteiger partial charge in [0.1, 0.15) is 4.75 Å². The molecule has 5 nitrogen and oxygen atoms in total. The Morgan fingerprint density at radius 3 is 2.68 bits per heavy atom. The van der Waals surface area contributed by atoms with E-state index in [0.29, 0.717) is 11.9 Å². The smallest absolute Gasteiger partial charge is 0.251 e. The number of hydrogen-bond donors (Lipinski definition) is 2. The quantitative estimate of drug-likeness (QED) is 0.848. The van der Waals surface area contributed by atoms with Crippen LogP contribution in [0.5, 0.6) is 0 Å². The SMILES string of the molecule is CCc1cc2ncc([C@H](C)N[S+]([O-])C(C)(C)C)cc2[nH]c1=O. The second-order valence-corrected chi connectivity index (χ2v) is 8.40. The second kappa shape index (κ2) is 6.40. The molecular weight excluding hydrogens is 298 g/mol. The highest BCUT2D eigenvalue weighted by atomic mass is 32.2. The van der Waals surface area contributed by atoms with Gasteiger partial charge >= 0.3 is 0 Å². The van der Waals surface area contributed by atoms with Crippen LogP contribution in [0.4, 0.5) is 0 Å². The van der Waals surface area contributed by atoms with Crippen molar-refractivity contribution < 1.29 is 4.55 Å². The summed E-state index contributed by atoms with van der Waals surface area (Å²) in [6, 6.07) is 3.59. The van der Waals surface area contributed by atoms with Crippen molar-refractivity contribution in [3.05, 3.63) is 39.8 Å². The summed E-state index contributed by atoms with van der Waals surface area (Å²) in [6.07, 6.45) is 2.44. The van der Waals surface area contributed by atoms with Crippen LogP contribution in [0.1, 0.15) is 51.8 Å². The van der Waals surface area contributed by atoms with E-state index in [4.69, 9.17) is 0 Å². The zero-order chi connectivity index (χ0) is 16.5. The third-order valence-corrected chi connectivity index (χ3v) is 5.19. The highest BCUT2D eigenvalue weighted by molar-refractivity contribution is 7.90. The Morgan fingerprint density at radius 2 is 2.09 bits per heavy atom. The number of aromatic nitrogens is 2. The van der Waals surface area contributed by atoms with E-state index in [-0.39, 0.29) is 16.3 Å². The molecule has 0 aliphatic rings. The molecule has 2 atom stereocenters. The molecule has 2 aromatic heterocycles. The number of hydrogen-bond acceptors (Lipinski definition) is 4. The van der Waals surface area contributed by atoms with Gasteiger partial charge in [-0.05, 0) is 51.8 Å². The number of fused-ring (bicyclic) bond motifs is 1. The highest BCUT2D eigenvalue weighted by Gasteiger charge is 2.28. The van der Waals surface area contributed by atoms with Gasteiger partial charge in [-0.15, -0.1) is 4.72 Å². The molecular formula is C16H23N3O2S. The van der Waals surface area contributed by atoms with E-state index < -0.39 is 11.4 Å². The summed E-state index contributed by atoms with van der Waals surface area (Å²) in [4.78, 5) is 19.2. The maximum atomic E-state index is 12.2. The average molecular weight is 321 g/mol. The lowest BCUT2D eigenvalue weighted by Crippen LogP contribution is -2.40. The van der Waals surface area contributed by atoms with Gasteiger partial charge in [-0.25, -0.2) is 0 Å². The van der Waals surface area contributed by atoms with Gasteiger partial charge < -0.3 is 9.54 Å². The fraction of sp³-hybridized carbons (Fsp3) is 0.500. The Labute approximate surface area is 133 Å². The monoisotopic (exact) mass is 321 g/mol. The van der Waals surface area contributed by atoms with Crippen LogP contribution in [0.3, 0.4) is 0 Å². The second-order valence-electron chi connectivity index (χ2n) is 6.40. The predicted molar refractivity (Wildman–Crippen MR) is 91.2 cm³/mol. The van der Waals surface area contributed by atoms with E-state index in [1.54, 1.807) is 6.20 Å². The molecule has 2 N–H and O–H groups in total. The molecule has 0 bridgehead atoms. The summed E-state index contributed by atoms with van der Waals surface area (Å²) in [5.41, 5.74) is 3.02. The van der Waals surface area contributed by atoms with Gasteiger partial charge in [0.2, 0.25) is 0 Å². The summed E-state index contributed by atoms with van der Waals surface area (Å²) in [5, 5.41) is 0. The van der Waals surface area contributed by atoms with Crippen LogP contribution in [0.15, 0.2) is 23.1 Å². The van der Waals surface area contributed by atoms with E-state index >= 15 is 0 Å². The number of H-pyrrole nitrogens is 1. The van der Waals surface area contributed by atoms with Gasteiger partial charge in [0.05, 0.1) is 17.1 Å². The van der Waals surface area contributed by atoms with Crippen molar-refractivity contribution in [1.29, 1.82) is 0 Å². The van der Waals surface area contributed by atoms with E-state index in [0.717, 1.165) is 16.6 Å². The Morgan fingerprint density at radius 1 is 1.41 bits per heavy atom. The van der Waals surface area contributed by atoms with Crippen LogP contribution in [0.2, 0.25) is 0 Å². The summed E-state index contributed by atoms with van der Waals surface area (Å²) >= 11 is -1.16. The number of nitrogens with one attached hydrogen (secondary N) is 2. The molecule has 6 heteroatoms. The molecule has 120 valence electrons. The topological polar surface area (TPSA) is 80.8 Å². The zero-order valence-corrected chi connectivity index (χ0v) is 14.5. The summed E-state index contributed by atoms with van der Waals surface area (Å²) in [7, 11) is 0. The van der Waals surface area contributed by atoms with Gasteiger partial charge in [0.15, 0.2) is 0 Å². The molecule has 0 radical (unpaired) electrons. The molecule has 2 rings (SSSR count). The molecule has 0 aromatic carbocycles. The van der Waals surface area contributed by atoms with Crippen molar-refractivity contribution in [3.63, 3.8) is 0 Å². The molecule has 0 amide bonds. The van der Waals surface area contributed by atoms with Gasteiger partial charge in [0.25, 0.3) is 5.56 Å². The molecule has 0 fully saturated rings.